The number of aromatic amines is 1. The van der Waals surface area contributed by atoms with Crippen LogP contribution in [0.3, 0.4) is 0 Å². The zero-order chi connectivity index (χ0) is 18.1. The second-order valence-corrected chi connectivity index (χ2v) is 6.90. The van der Waals surface area contributed by atoms with Gasteiger partial charge in [-0.2, -0.15) is 0 Å². The molecule has 1 aromatic heterocycles. The number of carbonyl (C=O) groups excluding carboxylic acids is 1. The summed E-state index contributed by atoms with van der Waals surface area (Å²) >= 11 is 0. The van der Waals surface area contributed by atoms with Gasteiger partial charge in [-0.25, -0.2) is 4.98 Å². The number of hydrogen-bond donors (Lipinski definition) is 1. The molecule has 1 fully saturated rings. The van der Waals surface area contributed by atoms with E-state index in [-0.39, 0.29) is 17.6 Å². The van der Waals surface area contributed by atoms with Crippen LogP contribution >= 0.6 is 0 Å². The molecule has 25 heavy (non-hydrogen) atoms. The molecule has 0 spiro atoms. The van der Waals surface area contributed by atoms with Crippen molar-refractivity contribution in [2.75, 3.05) is 6.54 Å². The molecule has 1 saturated heterocycles. The lowest BCUT2D eigenvalue weighted by Gasteiger charge is -2.27. The zero-order valence-corrected chi connectivity index (χ0v) is 15.3. The summed E-state index contributed by atoms with van der Waals surface area (Å²) in [5, 5.41) is 0. The summed E-state index contributed by atoms with van der Waals surface area (Å²) < 4.78 is 0. The molecular formula is C20H25N3O2. The highest BCUT2D eigenvalue weighted by molar-refractivity contribution is 5.92. The van der Waals surface area contributed by atoms with Gasteiger partial charge in [-0.1, -0.05) is 36.8 Å². The Hall–Kier alpha value is -2.43. The quantitative estimate of drug-likeness (QED) is 0.934. The fraction of sp³-hybridized carbons (Fsp3) is 0.450. The highest BCUT2D eigenvalue weighted by Gasteiger charge is 2.38. The van der Waals surface area contributed by atoms with Gasteiger partial charge in [-0.05, 0) is 39.2 Å². The first-order chi connectivity index (χ1) is 11.9. The molecule has 2 aromatic rings. The van der Waals surface area contributed by atoms with Gasteiger partial charge in [-0.3, -0.25) is 9.59 Å². The van der Waals surface area contributed by atoms with Crippen LogP contribution in [0.1, 0.15) is 58.7 Å². The first-order valence-electron chi connectivity index (χ1n) is 8.87. The van der Waals surface area contributed by atoms with Crippen molar-refractivity contribution in [1.82, 2.24) is 14.9 Å². The van der Waals surface area contributed by atoms with E-state index in [1.54, 1.807) is 13.8 Å². The second kappa shape index (κ2) is 6.82. The molecule has 1 amide bonds. The molecule has 5 heteroatoms. The lowest BCUT2D eigenvalue weighted by Crippen LogP contribution is -2.40. The number of benzene rings is 1. The molecule has 2 atom stereocenters. The van der Waals surface area contributed by atoms with Gasteiger partial charge in [0.2, 0.25) is 0 Å². The second-order valence-electron chi connectivity index (χ2n) is 6.90. The summed E-state index contributed by atoms with van der Waals surface area (Å²) in [7, 11) is 0. The van der Waals surface area contributed by atoms with Crippen LogP contribution in [-0.4, -0.2) is 33.4 Å². The topological polar surface area (TPSA) is 66.1 Å². The molecule has 1 aromatic carbocycles. The smallest absolute Gasteiger partial charge is 0.279 e. The van der Waals surface area contributed by atoms with Gasteiger partial charge < -0.3 is 9.88 Å². The van der Waals surface area contributed by atoms with E-state index in [1.807, 2.05) is 4.90 Å². The van der Waals surface area contributed by atoms with Crippen molar-refractivity contribution in [2.24, 2.45) is 0 Å². The lowest BCUT2D eigenvalue weighted by atomic mass is 9.90. The van der Waals surface area contributed by atoms with Crippen LogP contribution in [0, 0.1) is 20.8 Å². The van der Waals surface area contributed by atoms with E-state index in [0.29, 0.717) is 23.9 Å². The number of hydrogen-bond acceptors (Lipinski definition) is 3. The Bertz CT molecular complexity index is 839. The van der Waals surface area contributed by atoms with Gasteiger partial charge in [0.05, 0.1) is 5.69 Å². The molecular weight excluding hydrogens is 314 g/mol. The van der Waals surface area contributed by atoms with Crippen LogP contribution in [0.15, 0.2) is 29.1 Å². The first-order valence-corrected chi connectivity index (χ1v) is 8.87. The summed E-state index contributed by atoms with van der Waals surface area (Å²) in [6, 6.07) is 8.62. The monoisotopic (exact) mass is 339 g/mol. The van der Waals surface area contributed by atoms with Crippen molar-refractivity contribution >= 4 is 5.91 Å². The SMILES string of the molecule is CC[C@@H]1[C@@H](c2ccc(C)cc2)CCN1C(=O)c1nc(C)c(C)[nH]c1=O. The maximum absolute atomic E-state index is 13.0. The Labute approximate surface area is 148 Å². The van der Waals surface area contributed by atoms with Crippen molar-refractivity contribution in [2.45, 2.75) is 52.5 Å². The molecule has 1 N–H and O–H groups in total. The molecule has 0 bridgehead atoms. The summed E-state index contributed by atoms with van der Waals surface area (Å²) in [5.41, 5.74) is 3.48. The number of nitrogens with zero attached hydrogens (tertiary/aromatic N) is 2. The molecule has 3 rings (SSSR count). The highest BCUT2D eigenvalue weighted by Crippen LogP contribution is 2.35. The molecule has 1 aliphatic heterocycles. The minimum Gasteiger partial charge on any atom is -0.334 e. The van der Waals surface area contributed by atoms with Gasteiger partial charge in [-0.15, -0.1) is 0 Å². The number of nitrogens with one attached hydrogen (secondary N) is 1. The lowest BCUT2D eigenvalue weighted by molar-refractivity contribution is 0.0719. The molecule has 132 valence electrons. The van der Waals surface area contributed by atoms with Crippen molar-refractivity contribution in [3.8, 4) is 0 Å². The molecule has 0 aliphatic carbocycles. The van der Waals surface area contributed by atoms with Gasteiger partial charge in [0.15, 0.2) is 5.69 Å². The minimum absolute atomic E-state index is 0.00565. The van der Waals surface area contributed by atoms with Crippen molar-refractivity contribution < 1.29 is 4.79 Å². The Morgan fingerprint density at radius 3 is 2.56 bits per heavy atom. The van der Waals surface area contributed by atoms with Crippen LogP contribution in [0.25, 0.3) is 0 Å². The minimum atomic E-state index is -0.401. The van der Waals surface area contributed by atoms with E-state index < -0.39 is 5.56 Å². The predicted octanol–water partition coefficient (Wildman–Crippen LogP) is 3.10. The van der Waals surface area contributed by atoms with E-state index in [4.69, 9.17) is 0 Å². The highest BCUT2D eigenvalue weighted by atomic mass is 16.2. The average Bonchev–Trinajstić information content (AvgIpc) is 3.02. The molecule has 0 unspecified atom stereocenters. The van der Waals surface area contributed by atoms with E-state index in [9.17, 15) is 9.59 Å². The number of H-pyrrole nitrogens is 1. The molecule has 2 heterocycles. The number of carbonyl (C=O) groups is 1. The van der Waals surface area contributed by atoms with Gasteiger partial charge >= 0.3 is 0 Å². The van der Waals surface area contributed by atoms with Crippen LogP contribution in [-0.2, 0) is 0 Å². The number of rotatable bonds is 3. The molecule has 5 nitrogen and oxygen atoms in total. The van der Waals surface area contributed by atoms with Crippen LogP contribution in [0.5, 0.6) is 0 Å². The van der Waals surface area contributed by atoms with Gasteiger partial charge in [0, 0.05) is 24.2 Å². The first kappa shape index (κ1) is 17.4. The molecule has 0 saturated carbocycles. The fourth-order valence-corrected chi connectivity index (χ4v) is 3.72. The fourth-order valence-electron chi connectivity index (χ4n) is 3.72. The largest absolute Gasteiger partial charge is 0.334 e. The van der Waals surface area contributed by atoms with E-state index in [2.05, 4.69) is 48.1 Å². The van der Waals surface area contributed by atoms with Crippen molar-refractivity contribution in [3.05, 3.63) is 62.8 Å². The maximum atomic E-state index is 13.0. The Morgan fingerprint density at radius 1 is 1.24 bits per heavy atom. The Balaban J connectivity index is 1.90. The van der Waals surface area contributed by atoms with Gasteiger partial charge in [0.1, 0.15) is 0 Å². The summed E-state index contributed by atoms with van der Waals surface area (Å²) in [6.45, 7) is 8.41. The van der Waals surface area contributed by atoms with Crippen LogP contribution in [0.2, 0.25) is 0 Å². The number of aromatic nitrogens is 2. The van der Waals surface area contributed by atoms with Crippen molar-refractivity contribution in [1.29, 1.82) is 0 Å². The third-order valence-corrected chi connectivity index (χ3v) is 5.27. The Morgan fingerprint density at radius 2 is 1.92 bits per heavy atom. The maximum Gasteiger partial charge on any atom is 0.279 e. The summed E-state index contributed by atoms with van der Waals surface area (Å²) in [5.74, 6) is 0.0472. The van der Waals surface area contributed by atoms with Crippen LogP contribution < -0.4 is 5.56 Å². The Kier molecular flexibility index (Phi) is 4.75. The standard InChI is InChI=1S/C20H25N3O2/c1-5-17-16(15-8-6-12(2)7-9-15)10-11-23(17)20(25)18-19(24)22-14(4)13(3)21-18/h6-9,16-17H,5,10-11H2,1-4H3,(H,22,24)/t16-,17-/m1/s1. The zero-order valence-electron chi connectivity index (χ0n) is 15.3. The van der Waals surface area contributed by atoms with Gasteiger partial charge in [0.25, 0.3) is 11.5 Å². The summed E-state index contributed by atoms with van der Waals surface area (Å²) in [6.07, 6.45) is 1.77. The van der Waals surface area contributed by atoms with Crippen molar-refractivity contribution in [3.63, 3.8) is 0 Å². The molecule has 0 radical (unpaired) electrons. The average molecular weight is 339 g/mol. The van der Waals surface area contributed by atoms with E-state index >= 15 is 0 Å². The summed E-state index contributed by atoms with van der Waals surface area (Å²) in [4.78, 5) is 34.0. The van der Waals surface area contributed by atoms with E-state index in [0.717, 1.165) is 12.8 Å². The number of likely N-dealkylation sites (tertiary alicyclic amines) is 1. The van der Waals surface area contributed by atoms with E-state index in [1.165, 1.54) is 11.1 Å². The number of amides is 1. The predicted molar refractivity (Wildman–Crippen MR) is 98.0 cm³/mol. The normalized spacial score (nSPS) is 20.1. The molecule has 1 aliphatic rings. The number of aryl methyl sites for hydroxylation is 3. The third-order valence-electron chi connectivity index (χ3n) is 5.27. The third kappa shape index (κ3) is 3.23. The van der Waals surface area contributed by atoms with Crippen LogP contribution in [0.4, 0.5) is 0 Å².